The van der Waals surface area contributed by atoms with Crippen molar-refractivity contribution in [2.75, 3.05) is 13.2 Å². The maximum absolute atomic E-state index is 12.9. The number of carbonyl (C=O) groups excluding carboxylic acids is 3. The molecule has 0 saturated carbocycles. The van der Waals surface area contributed by atoms with Crippen LogP contribution in [0.3, 0.4) is 0 Å². The Morgan fingerprint density at radius 1 is 0.257 bits per heavy atom. The molecule has 0 heterocycles. The van der Waals surface area contributed by atoms with E-state index in [0.717, 1.165) is 57.8 Å². The molecule has 0 aromatic rings. The summed E-state index contributed by atoms with van der Waals surface area (Å²) in [6, 6.07) is 0. The third-order valence-electron chi connectivity index (χ3n) is 15.5. The molecule has 0 fully saturated rings. The molecule has 0 rings (SSSR count). The second kappa shape index (κ2) is 63.7. The van der Waals surface area contributed by atoms with Crippen LogP contribution in [-0.4, -0.2) is 37.2 Å². The molecule has 438 valence electrons. The van der Waals surface area contributed by atoms with Crippen LogP contribution < -0.4 is 0 Å². The zero-order chi connectivity index (χ0) is 53.6. The molecule has 0 amide bonds. The van der Waals surface area contributed by atoms with Gasteiger partial charge in [-0.05, 0) is 44.9 Å². The first-order chi connectivity index (χ1) is 36.5. The molecule has 74 heavy (non-hydrogen) atoms. The molecular weight excluding hydrogens is 913 g/mol. The number of hydrogen-bond donors (Lipinski definition) is 0. The molecule has 6 heteroatoms. The molecule has 0 aliphatic heterocycles. The molecule has 0 saturated heterocycles. The standard InChI is InChI=1S/C68H130O6/c1-4-7-10-13-16-19-21-23-25-27-29-30-31-32-33-34-35-36-37-38-39-40-42-43-45-47-49-52-55-58-61-67(70)73-64-65(63-72-66(69)60-57-54-51-18-15-12-9-6-3)74-68(71)62-59-56-53-50-48-46-44-41-28-26-24-22-20-17-14-11-8-5-2/h26,28,65H,4-25,27,29-64H2,1-3H3/b28-26-. The molecule has 0 aromatic heterocycles. The second-order valence-electron chi connectivity index (χ2n) is 23.1. The van der Waals surface area contributed by atoms with E-state index in [4.69, 9.17) is 14.2 Å². The van der Waals surface area contributed by atoms with Crippen LogP contribution in [0, 0.1) is 0 Å². The largest absolute Gasteiger partial charge is 0.462 e. The molecule has 1 unspecified atom stereocenters. The SMILES string of the molecule is CCCCCCCCC/C=C\CCCCCCCCCC(=O)OC(COC(=O)CCCCCCCCCC)COC(=O)CCCCCCCCCCCCCCCCCCCCCCCCCCCCCCCC. The van der Waals surface area contributed by atoms with Gasteiger partial charge < -0.3 is 14.2 Å². The van der Waals surface area contributed by atoms with Crippen molar-refractivity contribution in [2.45, 2.75) is 393 Å². The van der Waals surface area contributed by atoms with E-state index in [9.17, 15) is 14.4 Å². The minimum atomic E-state index is -0.767. The third kappa shape index (κ3) is 61.0. The summed E-state index contributed by atoms with van der Waals surface area (Å²) in [5.74, 6) is -0.848. The van der Waals surface area contributed by atoms with Gasteiger partial charge in [0.25, 0.3) is 0 Å². The fraction of sp³-hybridized carbons (Fsp3) is 0.926. The molecule has 0 aliphatic rings. The van der Waals surface area contributed by atoms with Gasteiger partial charge in [0.15, 0.2) is 6.10 Å². The topological polar surface area (TPSA) is 78.9 Å². The van der Waals surface area contributed by atoms with E-state index in [1.54, 1.807) is 0 Å². The van der Waals surface area contributed by atoms with Crippen LogP contribution in [-0.2, 0) is 28.6 Å². The van der Waals surface area contributed by atoms with Gasteiger partial charge in [0.1, 0.15) is 13.2 Å². The minimum absolute atomic E-state index is 0.0660. The maximum atomic E-state index is 12.9. The number of ether oxygens (including phenoxy) is 3. The highest BCUT2D eigenvalue weighted by molar-refractivity contribution is 5.71. The normalized spacial score (nSPS) is 12.0. The lowest BCUT2D eigenvalue weighted by molar-refractivity contribution is -0.167. The Morgan fingerprint density at radius 3 is 0.676 bits per heavy atom. The molecule has 0 aliphatic carbocycles. The maximum Gasteiger partial charge on any atom is 0.306 e. The number of allylic oxidation sites excluding steroid dienone is 2. The summed E-state index contributed by atoms with van der Waals surface area (Å²) in [4.78, 5) is 38.1. The molecule has 1 atom stereocenters. The van der Waals surface area contributed by atoms with Gasteiger partial charge >= 0.3 is 17.9 Å². The van der Waals surface area contributed by atoms with Gasteiger partial charge in [0, 0.05) is 19.3 Å². The number of rotatable bonds is 63. The zero-order valence-electron chi connectivity index (χ0n) is 50.4. The van der Waals surface area contributed by atoms with Gasteiger partial charge in [0.2, 0.25) is 0 Å². The summed E-state index contributed by atoms with van der Waals surface area (Å²) in [6.45, 7) is 6.68. The Hall–Kier alpha value is -1.85. The van der Waals surface area contributed by atoms with E-state index in [-0.39, 0.29) is 31.1 Å². The number of unbranched alkanes of at least 4 members (excludes halogenated alkanes) is 50. The second-order valence-corrected chi connectivity index (χ2v) is 23.1. The summed E-state index contributed by atoms with van der Waals surface area (Å²) in [6.07, 6.45) is 75.5. The molecule has 0 aromatic carbocycles. The van der Waals surface area contributed by atoms with E-state index in [1.165, 1.54) is 289 Å². The van der Waals surface area contributed by atoms with Gasteiger partial charge in [-0.2, -0.15) is 0 Å². The van der Waals surface area contributed by atoms with Crippen molar-refractivity contribution in [3.05, 3.63) is 12.2 Å². The number of hydrogen-bond acceptors (Lipinski definition) is 6. The van der Waals surface area contributed by atoms with Crippen molar-refractivity contribution in [3.8, 4) is 0 Å². The van der Waals surface area contributed by atoms with Gasteiger partial charge in [-0.3, -0.25) is 14.4 Å². The summed E-state index contributed by atoms with van der Waals surface area (Å²) in [7, 11) is 0. The van der Waals surface area contributed by atoms with Crippen LogP contribution in [0.5, 0.6) is 0 Å². The summed E-state index contributed by atoms with van der Waals surface area (Å²) in [5, 5.41) is 0. The molecule has 0 spiro atoms. The zero-order valence-corrected chi connectivity index (χ0v) is 50.4. The minimum Gasteiger partial charge on any atom is -0.462 e. The first-order valence-corrected chi connectivity index (χ1v) is 33.7. The van der Waals surface area contributed by atoms with Crippen molar-refractivity contribution in [3.63, 3.8) is 0 Å². The van der Waals surface area contributed by atoms with Crippen molar-refractivity contribution in [2.24, 2.45) is 0 Å². The van der Waals surface area contributed by atoms with Gasteiger partial charge in [-0.15, -0.1) is 0 Å². The highest BCUT2D eigenvalue weighted by atomic mass is 16.6. The fourth-order valence-electron chi connectivity index (χ4n) is 10.4. The molecule has 0 bridgehead atoms. The smallest absolute Gasteiger partial charge is 0.306 e. The number of carbonyl (C=O) groups is 3. The summed E-state index contributed by atoms with van der Waals surface area (Å²) >= 11 is 0. The van der Waals surface area contributed by atoms with Crippen LogP contribution in [0.1, 0.15) is 387 Å². The Morgan fingerprint density at radius 2 is 0.446 bits per heavy atom. The highest BCUT2D eigenvalue weighted by Crippen LogP contribution is 2.19. The Kier molecular flexibility index (Phi) is 62.1. The Balaban J connectivity index is 4.02. The van der Waals surface area contributed by atoms with Crippen molar-refractivity contribution < 1.29 is 28.6 Å². The summed E-state index contributed by atoms with van der Waals surface area (Å²) < 4.78 is 16.9. The van der Waals surface area contributed by atoms with Gasteiger partial charge in [-0.1, -0.05) is 335 Å². The average Bonchev–Trinajstić information content (AvgIpc) is 3.40. The lowest BCUT2D eigenvalue weighted by Crippen LogP contribution is -2.30. The van der Waals surface area contributed by atoms with Gasteiger partial charge in [-0.25, -0.2) is 0 Å². The van der Waals surface area contributed by atoms with Crippen molar-refractivity contribution >= 4 is 17.9 Å². The predicted molar refractivity (Wildman–Crippen MR) is 321 cm³/mol. The van der Waals surface area contributed by atoms with Crippen LogP contribution in [0.4, 0.5) is 0 Å². The highest BCUT2D eigenvalue weighted by Gasteiger charge is 2.19. The number of esters is 3. The first-order valence-electron chi connectivity index (χ1n) is 33.7. The van der Waals surface area contributed by atoms with E-state index in [1.807, 2.05) is 0 Å². The van der Waals surface area contributed by atoms with Crippen LogP contribution >= 0.6 is 0 Å². The lowest BCUT2D eigenvalue weighted by Gasteiger charge is -2.18. The van der Waals surface area contributed by atoms with Crippen LogP contribution in [0.2, 0.25) is 0 Å². The average molecular weight is 1040 g/mol. The quantitative estimate of drug-likeness (QED) is 0.0261. The third-order valence-corrected chi connectivity index (χ3v) is 15.5. The van der Waals surface area contributed by atoms with Crippen molar-refractivity contribution in [1.29, 1.82) is 0 Å². The monoisotopic (exact) mass is 1040 g/mol. The predicted octanol–water partition coefficient (Wildman–Crippen LogP) is 22.8. The molecule has 0 N–H and O–H groups in total. The Labute approximate surface area is 462 Å². The van der Waals surface area contributed by atoms with Gasteiger partial charge in [0.05, 0.1) is 0 Å². The van der Waals surface area contributed by atoms with E-state index in [2.05, 4.69) is 32.9 Å². The van der Waals surface area contributed by atoms with E-state index >= 15 is 0 Å². The fourth-order valence-corrected chi connectivity index (χ4v) is 10.4. The van der Waals surface area contributed by atoms with E-state index in [0.29, 0.717) is 19.3 Å². The molecule has 0 radical (unpaired) electrons. The van der Waals surface area contributed by atoms with E-state index < -0.39 is 6.10 Å². The van der Waals surface area contributed by atoms with Crippen LogP contribution in [0.15, 0.2) is 12.2 Å². The van der Waals surface area contributed by atoms with Crippen molar-refractivity contribution in [1.82, 2.24) is 0 Å². The first kappa shape index (κ1) is 72.2. The summed E-state index contributed by atoms with van der Waals surface area (Å²) in [5.41, 5.74) is 0. The Bertz CT molecular complexity index is 1150. The van der Waals surface area contributed by atoms with Crippen LogP contribution in [0.25, 0.3) is 0 Å². The molecular formula is C68H130O6. The lowest BCUT2D eigenvalue weighted by atomic mass is 10.0. The molecule has 6 nitrogen and oxygen atoms in total.